The first-order valence-corrected chi connectivity index (χ1v) is 7.03. The van der Waals surface area contributed by atoms with E-state index in [1.165, 1.54) is 13.2 Å². The molecule has 0 unspecified atom stereocenters. The van der Waals surface area contributed by atoms with Crippen molar-refractivity contribution in [3.8, 4) is 5.88 Å². The summed E-state index contributed by atoms with van der Waals surface area (Å²) < 4.78 is 45.6. The van der Waals surface area contributed by atoms with E-state index in [4.69, 9.17) is 0 Å². The Kier molecular flexibility index (Phi) is 5.83. The van der Waals surface area contributed by atoms with Gasteiger partial charge in [-0.1, -0.05) is 15.9 Å². The molecule has 0 aliphatic heterocycles. The first-order valence-electron chi connectivity index (χ1n) is 4.83. The molecule has 0 saturated heterocycles. The summed E-state index contributed by atoms with van der Waals surface area (Å²) in [5.41, 5.74) is 0.423. The van der Waals surface area contributed by atoms with Gasteiger partial charge in [-0.3, -0.25) is 4.79 Å². The van der Waals surface area contributed by atoms with E-state index in [2.05, 4.69) is 30.4 Å². The quantitative estimate of drug-likeness (QED) is 0.399. The van der Waals surface area contributed by atoms with Gasteiger partial charge in [0.2, 0.25) is 5.88 Å². The number of nitrogens with zero attached hydrogens (tertiary/aromatic N) is 1. The number of carbonyl (C=O) groups excluding carboxylic acids is 1. The zero-order valence-corrected chi connectivity index (χ0v) is 13.3. The number of carbonyl (C=O) groups is 1. The molecule has 1 rings (SSSR count). The summed E-state index contributed by atoms with van der Waals surface area (Å²) in [6.45, 7) is 0. The summed E-state index contributed by atoms with van der Waals surface area (Å²) in [4.78, 5) is 14.9. The minimum absolute atomic E-state index is 0.153. The van der Waals surface area contributed by atoms with Crippen LogP contribution >= 0.6 is 38.5 Å². The summed E-state index contributed by atoms with van der Waals surface area (Å²) in [6.07, 6.45) is -5.05. The maximum absolute atomic E-state index is 12.2. The van der Waals surface area contributed by atoms with Gasteiger partial charge >= 0.3 is 12.3 Å². The fourth-order valence-corrected chi connectivity index (χ4v) is 2.26. The minimum atomic E-state index is -4.83. The summed E-state index contributed by atoms with van der Waals surface area (Å²) in [6, 6.07) is 1.47. The van der Waals surface area contributed by atoms with Crippen LogP contribution in [0.5, 0.6) is 5.88 Å². The summed E-state index contributed by atoms with van der Waals surface area (Å²) in [7, 11) is 1.19. The van der Waals surface area contributed by atoms with Crippen molar-refractivity contribution in [2.75, 3.05) is 7.11 Å². The standard InChI is InChI=1S/C10H8BrF3INO3/c1-18-8(17)3-7-6(15)2-5(4-11)9(16-7)19-10(12,13)14/h2H,3-4H2,1H3. The number of halogens is 5. The molecule has 106 valence electrons. The van der Waals surface area contributed by atoms with Crippen LogP contribution in [0, 0.1) is 3.57 Å². The molecule has 0 amide bonds. The zero-order chi connectivity index (χ0) is 14.6. The zero-order valence-electron chi connectivity index (χ0n) is 9.55. The van der Waals surface area contributed by atoms with E-state index >= 15 is 0 Å². The Morgan fingerprint density at radius 2 is 2.16 bits per heavy atom. The van der Waals surface area contributed by atoms with E-state index in [0.717, 1.165) is 0 Å². The molecule has 1 aromatic rings. The van der Waals surface area contributed by atoms with Crippen molar-refractivity contribution in [2.45, 2.75) is 18.1 Å². The van der Waals surface area contributed by atoms with Gasteiger partial charge in [0, 0.05) is 14.5 Å². The Hall–Kier alpha value is -0.580. The van der Waals surface area contributed by atoms with Crippen molar-refractivity contribution in [1.82, 2.24) is 4.98 Å². The highest BCUT2D eigenvalue weighted by molar-refractivity contribution is 14.1. The summed E-state index contributed by atoms with van der Waals surface area (Å²) in [5.74, 6) is -1.15. The van der Waals surface area contributed by atoms with Crippen LogP contribution in [0.2, 0.25) is 0 Å². The maximum Gasteiger partial charge on any atom is 0.574 e. The average molecular weight is 454 g/mol. The second kappa shape index (κ2) is 6.73. The number of alkyl halides is 4. The second-order valence-electron chi connectivity index (χ2n) is 3.32. The van der Waals surface area contributed by atoms with Crippen molar-refractivity contribution in [3.63, 3.8) is 0 Å². The van der Waals surface area contributed by atoms with Gasteiger partial charge in [-0.2, -0.15) is 0 Å². The van der Waals surface area contributed by atoms with Crippen molar-refractivity contribution in [1.29, 1.82) is 0 Å². The van der Waals surface area contributed by atoms with Gasteiger partial charge < -0.3 is 9.47 Å². The van der Waals surface area contributed by atoms with Crippen LogP contribution in [0.1, 0.15) is 11.3 Å². The van der Waals surface area contributed by atoms with Crippen molar-refractivity contribution >= 4 is 44.5 Å². The fourth-order valence-electron chi connectivity index (χ4n) is 1.17. The van der Waals surface area contributed by atoms with Crippen LogP contribution in [0.25, 0.3) is 0 Å². The van der Waals surface area contributed by atoms with E-state index in [1.807, 2.05) is 22.6 Å². The van der Waals surface area contributed by atoms with Crippen LogP contribution < -0.4 is 4.74 Å². The predicted molar refractivity (Wildman–Crippen MR) is 72.0 cm³/mol. The Balaban J connectivity index is 3.14. The van der Waals surface area contributed by atoms with Crippen LogP contribution in [-0.2, 0) is 21.3 Å². The van der Waals surface area contributed by atoms with E-state index in [9.17, 15) is 18.0 Å². The Morgan fingerprint density at radius 3 is 2.63 bits per heavy atom. The lowest BCUT2D eigenvalue weighted by Gasteiger charge is -2.13. The molecule has 9 heteroatoms. The first kappa shape index (κ1) is 16.5. The Morgan fingerprint density at radius 1 is 1.53 bits per heavy atom. The van der Waals surface area contributed by atoms with Gasteiger partial charge in [-0.05, 0) is 28.7 Å². The van der Waals surface area contributed by atoms with Gasteiger partial charge in [0.05, 0.1) is 19.2 Å². The highest BCUT2D eigenvalue weighted by atomic mass is 127. The normalized spacial score (nSPS) is 11.3. The molecule has 1 heterocycles. The third-order valence-electron chi connectivity index (χ3n) is 1.98. The van der Waals surface area contributed by atoms with Gasteiger partial charge in [-0.15, -0.1) is 13.2 Å². The molecule has 4 nitrogen and oxygen atoms in total. The number of esters is 1. The summed E-state index contributed by atoms with van der Waals surface area (Å²) in [5, 5.41) is 0.153. The molecule has 0 saturated carbocycles. The number of aromatic nitrogens is 1. The molecule has 0 bridgehead atoms. The highest BCUT2D eigenvalue weighted by Gasteiger charge is 2.33. The molecule has 0 atom stereocenters. The van der Waals surface area contributed by atoms with Gasteiger partial charge in [0.15, 0.2) is 0 Å². The van der Waals surface area contributed by atoms with Gasteiger partial charge in [-0.25, -0.2) is 4.98 Å². The van der Waals surface area contributed by atoms with Gasteiger partial charge in [0.1, 0.15) is 0 Å². The molecule has 0 fully saturated rings. The van der Waals surface area contributed by atoms with Crippen molar-refractivity contribution in [2.24, 2.45) is 0 Å². The number of pyridine rings is 1. The first-order chi connectivity index (χ1) is 8.76. The Labute approximate surface area is 128 Å². The highest BCUT2D eigenvalue weighted by Crippen LogP contribution is 2.28. The molecule has 0 aromatic carbocycles. The van der Waals surface area contributed by atoms with E-state index in [0.29, 0.717) is 3.57 Å². The fraction of sp³-hybridized carbons (Fsp3) is 0.400. The third kappa shape index (κ3) is 5.13. The lowest BCUT2D eigenvalue weighted by molar-refractivity contribution is -0.276. The molecule has 19 heavy (non-hydrogen) atoms. The molecule has 0 aliphatic carbocycles. The molecule has 1 aromatic heterocycles. The SMILES string of the molecule is COC(=O)Cc1nc(OC(F)(F)F)c(CBr)cc1I. The lowest BCUT2D eigenvalue weighted by Crippen LogP contribution is -2.20. The number of hydrogen-bond acceptors (Lipinski definition) is 4. The minimum Gasteiger partial charge on any atom is -0.469 e. The van der Waals surface area contributed by atoms with Crippen molar-refractivity contribution < 1.29 is 27.4 Å². The number of hydrogen-bond donors (Lipinski definition) is 0. The summed E-state index contributed by atoms with van der Waals surface area (Å²) >= 11 is 4.94. The average Bonchev–Trinajstić information content (AvgIpc) is 2.30. The number of ether oxygens (including phenoxy) is 2. The predicted octanol–water partition coefficient (Wildman–Crippen LogP) is 3.20. The molecule has 0 spiro atoms. The lowest BCUT2D eigenvalue weighted by atomic mass is 10.2. The Bertz CT molecular complexity index is 482. The third-order valence-corrected chi connectivity index (χ3v) is 3.52. The van der Waals surface area contributed by atoms with Crippen LogP contribution in [0.4, 0.5) is 13.2 Å². The van der Waals surface area contributed by atoms with E-state index in [-0.39, 0.29) is 23.0 Å². The molecule has 0 radical (unpaired) electrons. The van der Waals surface area contributed by atoms with Crippen molar-refractivity contribution in [3.05, 3.63) is 20.9 Å². The molecule has 0 aliphatic rings. The molecule has 0 N–H and O–H groups in total. The molecular formula is C10H8BrF3INO3. The maximum atomic E-state index is 12.2. The van der Waals surface area contributed by atoms with Crippen LogP contribution in [-0.4, -0.2) is 24.4 Å². The van der Waals surface area contributed by atoms with Crippen LogP contribution in [0.15, 0.2) is 6.07 Å². The topological polar surface area (TPSA) is 48.4 Å². The van der Waals surface area contributed by atoms with Crippen LogP contribution in [0.3, 0.4) is 0 Å². The number of methoxy groups -OCH3 is 1. The second-order valence-corrected chi connectivity index (χ2v) is 5.04. The van der Waals surface area contributed by atoms with E-state index in [1.54, 1.807) is 0 Å². The molecular weight excluding hydrogens is 446 g/mol. The monoisotopic (exact) mass is 453 g/mol. The smallest absolute Gasteiger partial charge is 0.469 e. The number of rotatable bonds is 4. The van der Waals surface area contributed by atoms with Gasteiger partial charge in [0.25, 0.3) is 0 Å². The largest absolute Gasteiger partial charge is 0.574 e. The van der Waals surface area contributed by atoms with E-state index < -0.39 is 18.2 Å².